The lowest BCUT2D eigenvalue weighted by atomic mass is 9.68. The van der Waals surface area contributed by atoms with Gasteiger partial charge in [0.1, 0.15) is 12.2 Å². The zero-order valence-corrected chi connectivity index (χ0v) is 34.9. The Morgan fingerprint density at radius 1 is 1.00 bits per heavy atom. The van der Waals surface area contributed by atoms with Crippen molar-refractivity contribution in [1.29, 1.82) is 0 Å². The van der Waals surface area contributed by atoms with Gasteiger partial charge in [0.05, 0.1) is 43.2 Å². The molecule has 0 aromatic heterocycles. The third kappa shape index (κ3) is 9.16. The molecule has 5 saturated heterocycles. The van der Waals surface area contributed by atoms with Gasteiger partial charge in [-0.1, -0.05) is 45.1 Å². The summed E-state index contributed by atoms with van der Waals surface area (Å²) in [4.78, 5) is 11.6. The van der Waals surface area contributed by atoms with Crippen molar-refractivity contribution in [3.05, 3.63) is 36.0 Å². The number of aliphatic hydroxyl groups is 4. The van der Waals surface area contributed by atoms with Crippen molar-refractivity contribution in [1.82, 2.24) is 0 Å². The van der Waals surface area contributed by atoms with Gasteiger partial charge in [0.15, 0.2) is 17.2 Å². The van der Waals surface area contributed by atoms with E-state index >= 15 is 0 Å². The summed E-state index contributed by atoms with van der Waals surface area (Å²) < 4.78 is 39.0. The van der Waals surface area contributed by atoms with E-state index in [-0.39, 0.29) is 48.4 Å². The van der Waals surface area contributed by atoms with Gasteiger partial charge >= 0.3 is 5.97 Å². The summed E-state index contributed by atoms with van der Waals surface area (Å²) in [6.45, 7) is 14.8. The number of rotatable bonds is 10. The molecule has 0 amide bonds. The van der Waals surface area contributed by atoms with E-state index in [1.165, 1.54) is 6.92 Å². The summed E-state index contributed by atoms with van der Waals surface area (Å²) in [7, 11) is 0. The summed E-state index contributed by atoms with van der Waals surface area (Å²) in [5.41, 5.74) is -0.310. The predicted molar refractivity (Wildman–Crippen MR) is 211 cm³/mol. The molecule has 57 heavy (non-hydrogen) atoms. The predicted octanol–water partition coefficient (Wildman–Crippen LogP) is 6.08. The molecule has 322 valence electrons. The first-order valence-electron chi connectivity index (χ1n) is 22.0. The highest BCUT2D eigenvalue weighted by atomic mass is 16.7. The van der Waals surface area contributed by atoms with Crippen LogP contribution in [0.4, 0.5) is 0 Å². The minimum Gasteiger partial charge on any atom is -0.479 e. The molecular weight excluding hydrogens is 732 g/mol. The second kappa shape index (κ2) is 17.0. The maximum atomic E-state index is 11.7. The van der Waals surface area contributed by atoms with Gasteiger partial charge in [-0.2, -0.15) is 0 Å². The highest BCUT2D eigenvalue weighted by molar-refractivity contribution is 5.76. The fourth-order valence-electron chi connectivity index (χ4n) is 11.1. The molecule has 6 heterocycles. The average molecular weight is 803 g/mol. The summed E-state index contributed by atoms with van der Waals surface area (Å²) in [5.74, 6) is -3.67. The molecule has 0 aromatic rings. The molecule has 12 heteroatoms. The van der Waals surface area contributed by atoms with Crippen LogP contribution in [0, 0.1) is 29.6 Å². The highest BCUT2D eigenvalue weighted by Crippen LogP contribution is 2.50. The van der Waals surface area contributed by atoms with Gasteiger partial charge < -0.3 is 54.0 Å². The molecule has 3 spiro atoms. The molecule has 7 rings (SSSR count). The number of fused-ring (bicyclic) bond motifs is 1. The molecule has 7 aliphatic rings. The van der Waals surface area contributed by atoms with Gasteiger partial charge in [-0.05, 0) is 107 Å². The van der Waals surface area contributed by atoms with Crippen molar-refractivity contribution in [2.24, 2.45) is 29.6 Å². The Morgan fingerprint density at radius 2 is 1.75 bits per heavy atom. The molecule has 0 aromatic carbocycles. The van der Waals surface area contributed by atoms with Gasteiger partial charge in [-0.3, -0.25) is 0 Å². The molecule has 5 N–H and O–H groups in total. The minimum absolute atomic E-state index is 0.0132. The topological polar surface area (TPSA) is 174 Å². The van der Waals surface area contributed by atoms with E-state index in [9.17, 15) is 30.3 Å². The molecular formula is C45H70O12. The zero-order chi connectivity index (χ0) is 40.9. The van der Waals surface area contributed by atoms with E-state index in [0.717, 1.165) is 57.1 Å². The summed E-state index contributed by atoms with van der Waals surface area (Å²) in [6.07, 6.45) is 12.7. The third-order valence-electron chi connectivity index (χ3n) is 14.6. The SMILES string of the molecule is C=C1C(O)C2OC3(CCC(/C=C/[C@@H](C)C4CC(C)=CC5(OC(C[C@@](C)(O)C(=O)O)CC[C@H]5O)O4)O3)CCC2CC1C(O)C[C@H](C)C1OC2(CCCCO2)CCC1C. The van der Waals surface area contributed by atoms with Crippen LogP contribution >= 0.6 is 0 Å². The molecule has 13 unspecified atom stereocenters. The zero-order valence-electron chi connectivity index (χ0n) is 34.9. The van der Waals surface area contributed by atoms with E-state index in [1.807, 2.05) is 6.92 Å². The first kappa shape index (κ1) is 43.4. The van der Waals surface area contributed by atoms with Crippen LogP contribution in [-0.4, -0.2) is 110 Å². The molecule has 0 radical (unpaired) electrons. The second-order valence-electron chi connectivity index (χ2n) is 19.4. The number of carbonyl (C=O) groups is 1. The Bertz CT molecular complexity index is 1500. The van der Waals surface area contributed by atoms with Crippen molar-refractivity contribution in [2.75, 3.05) is 6.61 Å². The molecule has 1 aliphatic carbocycles. The lowest BCUT2D eigenvalue weighted by Crippen LogP contribution is -2.57. The monoisotopic (exact) mass is 802 g/mol. The number of aliphatic carboxylic acids is 1. The minimum atomic E-state index is -1.95. The fourth-order valence-corrected chi connectivity index (χ4v) is 11.1. The van der Waals surface area contributed by atoms with Crippen molar-refractivity contribution in [3.8, 4) is 0 Å². The van der Waals surface area contributed by atoms with Crippen LogP contribution in [0.2, 0.25) is 0 Å². The average Bonchev–Trinajstić information content (AvgIpc) is 3.56. The maximum absolute atomic E-state index is 11.7. The van der Waals surface area contributed by atoms with Crippen LogP contribution in [0.1, 0.15) is 131 Å². The molecule has 1 saturated carbocycles. The van der Waals surface area contributed by atoms with Gasteiger partial charge in [0.25, 0.3) is 0 Å². The van der Waals surface area contributed by atoms with E-state index in [1.54, 1.807) is 6.08 Å². The number of carboxylic acid groups (broad SMARTS) is 1. The molecule has 17 atom stereocenters. The van der Waals surface area contributed by atoms with Gasteiger partial charge in [0.2, 0.25) is 5.79 Å². The summed E-state index contributed by atoms with van der Waals surface area (Å²) in [6, 6.07) is 0. The summed E-state index contributed by atoms with van der Waals surface area (Å²) >= 11 is 0. The number of hydrogen-bond acceptors (Lipinski definition) is 11. The number of ether oxygens (including phenoxy) is 6. The van der Waals surface area contributed by atoms with Gasteiger partial charge in [0, 0.05) is 43.9 Å². The first-order chi connectivity index (χ1) is 26.9. The molecule has 0 bridgehead atoms. The lowest BCUT2D eigenvalue weighted by molar-refractivity contribution is -0.320. The Kier molecular flexibility index (Phi) is 12.9. The smallest absolute Gasteiger partial charge is 0.335 e. The van der Waals surface area contributed by atoms with E-state index < -0.39 is 59.5 Å². The van der Waals surface area contributed by atoms with Crippen molar-refractivity contribution in [3.63, 3.8) is 0 Å². The standard InChI is InChI=1S/C45H70O12/c1-26-21-36(55-45(24-26)37(47)12-11-33(54-45)25-42(6,51)41(49)50)27(2)9-10-32-15-19-44(53-32)18-14-31-23-34(30(5)38(48)40(31)57-44)35(46)22-29(4)39-28(3)13-17-43(56-39)16-7-8-20-52-43/h9-10,24,27-29,31-40,46-48,51H,5,7-8,11-23,25H2,1-4,6H3,(H,49,50)/b10-9+/t27-,28?,29+,31?,32?,33?,34?,35?,36?,37-,38?,39?,40?,42-,43?,44?,45?/m1/s1. The fraction of sp³-hybridized carbons (Fsp3) is 0.844. The van der Waals surface area contributed by atoms with E-state index in [0.29, 0.717) is 56.4 Å². The second-order valence-corrected chi connectivity index (χ2v) is 19.4. The number of aliphatic hydroxyl groups excluding tert-OH is 3. The van der Waals surface area contributed by atoms with E-state index in [2.05, 4.69) is 39.5 Å². The van der Waals surface area contributed by atoms with Gasteiger partial charge in [-0.15, -0.1) is 0 Å². The Hall–Kier alpha value is -1.71. The molecule has 12 nitrogen and oxygen atoms in total. The number of carboxylic acids is 1. The van der Waals surface area contributed by atoms with Crippen LogP contribution < -0.4 is 0 Å². The first-order valence-corrected chi connectivity index (χ1v) is 22.0. The van der Waals surface area contributed by atoms with Crippen LogP contribution in [-0.2, 0) is 33.2 Å². The maximum Gasteiger partial charge on any atom is 0.335 e. The normalized spacial score (nSPS) is 45.4. The Labute approximate surface area is 339 Å². The largest absolute Gasteiger partial charge is 0.479 e. The van der Waals surface area contributed by atoms with Crippen LogP contribution in [0.25, 0.3) is 0 Å². The van der Waals surface area contributed by atoms with Crippen molar-refractivity contribution >= 4 is 5.97 Å². The van der Waals surface area contributed by atoms with Crippen molar-refractivity contribution < 1.29 is 58.7 Å². The highest BCUT2D eigenvalue weighted by Gasteiger charge is 2.54. The Morgan fingerprint density at radius 3 is 2.49 bits per heavy atom. The molecule has 6 fully saturated rings. The Balaban J connectivity index is 0.920. The van der Waals surface area contributed by atoms with Crippen LogP contribution in [0.5, 0.6) is 0 Å². The van der Waals surface area contributed by atoms with E-state index in [4.69, 9.17) is 28.4 Å². The summed E-state index contributed by atoms with van der Waals surface area (Å²) in [5, 5.41) is 54.2. The number of hydrogen-bond donors (Lipinski definition) is 5. The lowest BCUT2D eigenvalue weighted by Gasteiger charge is -2.50. The van der Waals surface area contributed by atoms with Crippen LogP contribution in [0.3, 0.4) is 0 Å². The van der Waals surface area contributed by atoms with Crippen molar-refractivity contribution in [2.45, 2.75) is 203 Å². The third-order valence-corrected chi connectivity index (χ3v) is 14.6. The molecule has 6 aliphatic heterocycles. The van der Waals surface area contributed by atoms with Crippen LogP contribution in [0.15, 0.2) is 36.0 Å². The quantitative estimate of drug-likeness (QED) is 0.161. The van der Waals surface area contributed by atoms with Gasteiger partial charge in [-0.25, -0.2) is 4.79 Å².